The first-order chi connectivity index (χ1) is 15.3. The fraction of sp³-hybridized carbons (Fsp3) is 0.240. The molecule has 32 heavy (non-hydrogen) atoms. The number of carbonyl (C=O) groups excluding carboxylic acids is 1. The van der Waals surface area contributed by atoms with Crippen LogP contribution in [0.1, 0.15) is 23.1 Å². The highest BCUT2D eigenvalue weighted by Crippen LogP contribution is 2.34. The number of amides is 1. The maximum absolute atomic E-state index is 13.3. The smallest absolute Gasteiger partial charge is 0.264 e. The molecule has 7 heteroatoms. The number of hydrogen-bond acceptors (Lipinski definition) is 4. The third-order valence-electron chi connectivity index (χ3n) is 5.51. The van der Waals surface area contributed by atoms with E-state index in [1.165, 1.54) is 4.31 Å². The maximum Gasteiger partial charge on any atom is 0.264 e. The lowest BCUT2D eigenvalue weighted by Gasteiger charge is -2.31. The molecule has 3 aromatic rings. The van der Waals surface area contributed by atoms with Gasteiger partial charge in [-0.15, -0.1) is 0 Å². The van der Waals surface area contributed by atoms with Crippen LogP contribution >= 0.6 is 0 Å². The molecule has 0 aliphatic carbocycles. The van der Waals surface area contributed by atoms with E-state index in [0.29, 0.717) is 23.7 Å². The van der Waals surface area contributed by atoms with Crippen LogP contribution in [0.15, 0.2) is 71.6 Å². The van der Waals surface area contributed by atoms with Gasteiger partial charge < -0.3 is 10.1 Å². The van der Waals surface area contributed by atoms with Crippen LogP contribution in [0.3, 0.4) is 0 Å². The number of sulfonamides is 1. The summed E-state index contributed by atoms with van der Waals surface area (Å²) in [6.45, 7) is 4.11. The number of nitrogens with one attached hydrogen (secondary N) is 1. The van der Waals surface area contributed by atoms with E-state index >= 15 is 0 Å². The van der Waals surface area contributed by atoms with Crippen molar-refractivity contribution in [3.63, 3.8) is 0 Å². The fourth-order valence-electron chi connectivity index (χ4n) is 3.76. The number of para-hydroxylation sites is 1. The van der Waals surface area contributed by atoms with Crippen molar-refractivity contribution in [1.29, 1.82) is 0 Å². The highest BCUT2D eigenvalue weighted by molar-refractivity contribution is 7.92. The van der Waals surface area contributed by atoms with Crippen LogP contribution in [0, 0.1) is 13.8 Å². The average Bonchev–Trinajstić information content (AvgIpc) is 2.78. The quantitative estimate of drug-likeness (QED) is 0.602. The molecule has 0 spiro atoms. The third-order valence-corrected chi connectivity index (χ3v) is 7.33. The molecule has 6 nitrogen and oxygen atoms in total. The van der Waals surface area contributed by atoms with Crippen LogP contribution in [-0.4, -0.2) is 27.5 Å². The first-order valence-corrected chi connectivity index (χ1v) is 12.0. The SMILES string of the molecule is Cc1ccc(S(=O)(=O)N2CCCc3ccc(NC(=O)COc4ccccc4C)cc32)cc1. The fourth-order valence-corrected chi connectivity index (χ4v) is 5.30. The molecule has 0 fully saturated rings. The van der Waals surface area contributed by atoms with Crippen molar-refractivity contribution in [3.05, 3.63) is 83.4 Å². The van der Waals surface area contributed by atoms with Gasteiger partial charge in [-0.1, -0.05) is 42.0 Å². The van der Waals surface area contributed by atoms with Crippen LogP contribution in [-0.2, 0) is 21.2 Å². The van der Waals surface area contributed by atoms with Crippen molar-refractivity contribution >= 4 is 27.3 Å². The van der Waals surface area contributed by atoms with E-state index in [1.54, 1.807) is 36.4 Å². The van der Waals surface area contributed by atoms with Gasteiger partial charge in [0.25, 0.3) is 15.9 Å². The number of hydrogen-bond donors (Lipinski definition) is 1. The first kappa shape index (κ1) is 21.9. The minimum absolute atomic E-state index is 0.132. The Morgan fingerprint density at radius 3 is 2.53 bits per heavy atom. The highest BCUT2D eigenvalue weighted by Gasteiger charge is 2.29. The Kier molecular flexibility index (Phi) is 6.19. The minimum Gasteiger partial charge on any atom is -0.483 e. The van der Waals surface area contributed by atoms with Crippen molar-refractivity contribution in [3.8, 4) is 5.75 Å². The van der Waals surface area contributed by atoms with Crippen molar-refractivity contribution in [2.24, 2.45) is 0 Å². The molecule has 0 radical (unpaired) electrons. The molecule has 0 saturated carbocycles. The van der Waals surface area contributed by atoms with Crippen LogP contribution in [0.25, 0.3) is 0 Å². The standard InChI is InChI=1S/C25H26N2O4S/c1-18-9-13-22(14-10-18)32(29,30)27-15-5-7-20-11-12-21(16-23(20)27)26-25(28)17-31-24-8-4-3-6-19(24)2/h3-4,6,8-14,16H,5,7,15,17H2,1-2H3,(H,26,28). The summed E-state index contributed by atoms with van der Waals surface area (Å²) < 4.78 is 33.7. The molecule has 0 bridgehead atoms. The molecule has 0 saturated heterocycles. The predicted octanol–water partition coefficient (Wildman–Crippen LogP) is 4.46. The summed E-state index contributed by atoms with van der Waals surface area (Å²) in [6, 6.07) is 19.8. The number of ether oxygens (including phenoxy) is 1. The lowest BCUT2D eigenvalue weighted by atomic mass is 10.0. The molecule has 1 amide bonds. The van der Waals surface area contributed by atoms with Gasteiger partial charge in [-0.2, -0.15) is 0 Å². The zero-order valence-electron chi connectivity index (χ0n) is 18.2. The number of rotatable bonds is 6. The summed E-state index contributed by atoms with van der Waals surface area (Å²) in [5.41, 5.74) is 4.04. The molecule has 1 aliphatic rings. The van der Waals surface area contributed by atoms with Gasteiger partial charge in [-0.3, -0.25) is 9.10 Å². The van der Waals surface area contributed by atoms with Gasteiger partial charge in [-0.25, -0.2) is 8.42 Å². The van der Waals surface area contributed by atoms with Crippen molar-refractivity contribution in [2.75, 3.05) is 22.8 Å². The molecule has 1 N–H and O–H groups in total. The predicted molar refractivity (Wildman–Crippen MR) is 126 cm³/mol. The van der Waals surface area contributed by atoms with Gasteiger partial charge in [0, 0.05) is 12.2 Å². The van der Waals surface area contributed by atoms with Gasteiger partial charge in [0.05, 0.1) is 10.6 Å². The summed E-state index contributed by atoms with van der Waals surface area (Å²) in [5, 5.41) is 2.82. The Balaban J connectivity index is 1.53. The lowest BCUT2D eigenvalue weighted by Crippen LogP contribution is -2.35. The molecule has 1 heterocycles. The lowest BCUT2D eigenvalue weighted by molar-refractivity contribution is -0.118. The largest absolute Gasteiger partial charge is 0.483 e. The number of benzene rings is 3. The second-order valence-corrected chi connectivity index (χ2v) is 9.80. The Labute approximate surface area is 188 Å². The van der Waals surface area contributed by atoms with Crippen molar-refractivity contribution in [2.45, 2.75) is 31.6 Å². The Morgan fingerprint density at radius 2 is 1.78 bits per heavy atom. The van der Waals surface area contributed by atoms with Gasteiger partial charge >= 0.3 is 0 Å². The third kappa shape index (κ3) is 4.62. The molecular weight excluding hydrogens is 424 g/mol. The summed E-state index contributed by atoms with van der Waals surface area (Å²) in [4.78, 5) is 12.7. The Hall–Kier alpha value is -3.32. The molecule has 4 rings (SSSR count). The maximum atomic E-state index is 13.3. The van der Waals surface area contributed by atoms with E-state index in [2.05, 4.69) is 5.32 Å². The van der Waals surface area contributed by atoms with Gasteiger partial charge in [0.15, 0.2) is 6.61 Å². The van der Waals surface area contributed by atoms with Crippen LogP contribution in [0.4, 0.5) is 11.4 Å². The minimum atomic E-state index is -3.69. The Morgan fingerprint density at radius 1 is 1.03 bits per heavy atom. The molecule has 0 unspecified atom stereocenters. The number of carbonyl (C=O) groups is 1. The number of fused-ring (bicyclic) bond motifs is 1. The molecular formula is C25H26N2O4S. The summed E-state index contributed by atoms with van der Waals surface area (Å²) in [5.74, 6) is 0.348. The van der Waals surface area contributed by atoms with E-state index in [9.17, 15) is 13.2 Å². The normalized spacial score (nSPS) is 13.4. The van der Waals surface area contributed by atoms with Crippen LogP contribution < -0.4 is 14.4 Å². The molecule has 0 atom stereocenters. The second kappa shape index (κ2) is 9.04. The molecule has 1 aliphatic heterocycles. The number of aryl methyl sites for hydroxylation is 3. The second-order valence-electron chi connectivity index (χ2n) is 7.94. The van der Waals surface area contributed by atoms with E-state index in [1.807, 2.05) is 44.2 Å². The molecule has 0 aromatic heterocycles. The summed E-state index contributed by atoms with van der Waals surface area (Å²) in [7, 11) is -3.69. The van der Waals surface area contributed by atoms with Gasteiger partial charge in [-0.05, 0) is 68.1 Å². The first-order valence-electron chi connectivity index (χ1n) is 10.6. The topological polar surface area (TPSA) is 75.7 Å². The number of anilines is 2. The van der Waals surface area contributed by atoms with E-state index in [-0.39, 0.29) is 17.4 Å². The zero-order valence-corrected chi connectivity index (χ0v) is 19.0. The van der Waals surface area contributed by atoms with Gasteiger partial charge in [0.1, 0.15) is 5.75 Å². The highest BCUT2D eigenvalue weighted by atomic mass is 32.2. The zero-order chi connectivity index (χ0) is 22.7. The van der Waals surface area contributed by atoms with E-state index < -0.39 is 10.0 Å². The van der Waals surface area contributed by atoms with Crippen molar-refractivity contribution in [1.82, 2.24) is 0 Å². The number of nitrogens with zero attached hydrogens (tertiary/aromatic N) is 1. The van der Waals surface area contributed by atoms with Crippen LogP contribution in [0.5, 0.6) is 5.75 Å². The average molecular weight is 451 g/mol. The van der Waals surface area contributed by atoms with E-state index in [4.69, 9.17) is 4.74 Å². The van der Waals surface area contributed by atoms with Gasteiger partial charge in [0.2, 0.25) is 0 Å². The van der Waals surface area contributed by atoms with Crippen LogP contribution in [0.2, 0.25) is 0 Å². The molecule has 166 valence electrons. The summed E-state index contributed by atoms with van der Waals surface area (Å²) in [6.07, 6.45) is 1.54. The monoisotopic (exact) mass is 450 g/mol. The van der Waals surface area contributed by atoms with E-state index in [0.717, 1.165) is 29.5 Å². The Bertz CT molecular complexity index is 1240. The van der Waals surface area contributed by atoms with Crippen molar-refractivity contribution < 1.29 is 17.9 Å². The summed E-state index contributed by atoms with van der Waals surface area (Å²) >= 11 is 0. The molecule has 3 aromatic carbocycles.